The first-order valence-electron chi connectivity index (χ1n) is 5.60. The number of hydrogen-bond donors (Lipinski definition) is 0. The number of ether oxygens (including phenoxy) is 2. The molecule has 0 amide bonds. The van der Waals surface area contributed by atoms with Crippen molar-refractivity contribution in [2.24, 2.45) is 0 Å². The second-order valence-electron chi connectivity index (χ2n) is 3.83. The molecule has 0 aromatic heterocycles. The minimum atomic E-state index is -0.0111. The van der Waals surface area contributed by atoms with Gasteiger partial charge in [-0.1, -0.05) is 26.2 Å². The summed E-state index contributed by atoms with van der Waals surface area (Å²) in [6.07, 6.45) is 7.99. The molecule has 0 heterocycles. The minimum Gasteiger partial charge on any atom is -0.353 e. The van der Waals surface area contributed by atoms with Gasteiger partial charge in [-0.15, -0.1) is 0 Å². The van der Waals surface area contributed by atoms with Crippen molar-refractivity contribution >= 4 is 0 Å². The molecule has 78 valence electrons. The van der Waals surface area contributed by atoms with E-state index in [1.165, 1.54) is 32.1 Å². The van der Waals surface area contributed by atoms with Gasteiger partial charge in [0.25, 0.3) is 0 Å². The third kappa shape index (κ3) is 4.63. The highest BCUT2D eigenvalue weighted by Crippen LogP contribution is 2.21. The molecule has 1 atom stereocenters. The van der Waals surface area contributed by atoms with E-state index in [1.807, 2.05) is 6.92 Å². The van der Waals surface area contributed by atoms with Crippen LogP contribution in [0.3, 0.4) is 0 Å². The first-order chi connectivity index (χ1) is 6.33. The zero-order chi connectivity index (χ0) is 9.52. The Kier molecular flexibility index (Phi) is 5.40. The zero-order valence-electron chi connectivity index (χ0n) is 8.92. The zero-order valence-corrected chi connectivity index (χ0v) is 8.92. The second-order valence-corrected chi connectivity index (χ2v) is 3.83. The van der Waals surface area contributed by atoms with Gasteiger partial charge in [-0.2, -0.15) is 0 Å². The van der Waals surface area contributed by atoms with Gasteiger partial charge in [0.1, 0.15) is 0 Å². The van der Waals surface area contributed by atoms with Gasteiger partial charge in [-0.05, 0) is 26.2 Å². The highest BCUT2D eigenvalue weighted by atomic mass is 16.7. The van der Waals surface area contributed by atoms with Crippen LogP contribution in [0.15, 0.2) is 0 Å². The van der Waals surface area contributed by atoms with Crippen LogP contribution in [0.5, 0.6) is 0 Å². The van der Waals surface area contributed by atoms with Crippen molar-refractivity contribution in [1.82, 2.24) is 0 Å². The van der Waals surface area contributed by atoms with Crippen molar-refractivity contribution < 1.29 is 9.47 Å². The molecule has 0 aromatic carbocycles. The Bertz CT molecular complexity index is 119. The molecular weight excluding hydrogens is 164 g/mol. The van der Waals surface area contributed by atoms with E-state index in [0.29, 0.717) is 6.10 Å². The lowest BCUT2D eigenvalue weighted by molar-refractivity contribution is -0.165. The SMILES string of the molecule is CCCOC(C)OC1CCCCC1. The molecule has 1 aliphatic carbocycles. The predicted molar refractivity (Wildman–Crippen MR) is 53.7 cm³/mol. The molecule has 2 nitrogen and oxygen atoms in total. The van der Waals surface area contributed by atoms with Crippen LogP contribution in [0.4, 0.5) is 0 Å². The largest absolute Gasteiger partial charge is 0.353 e. The Morgan fingerprint density at radius 3 is 2.54 bits per heavy atom. The van der Waals surface area contributed by atoms with Crippen molar-refractivity contribution in [3.63, 3.8) is 0 Å². The van der Waals surface area contributed by atoms with Gasteiger partial charge in [-0.25, -0.2) is 0 Å². The van der Waals surface area contributed by atoms with Gasteiger partial charge in [0.05, 0.1) is 6.10 Å². The molecule has 0 N–H and O–H groups in total. The Morgan fingerprint density at radius 2 is 1.92 bits per heavy atom. The van der Waals surface area contributed by atoms with E-state index in [-0.39, 0.29) is 6.29 Å². The fourth-order valence-corrected chi connectivity index (χ4v) is 1.80. The Hall–Kier alpha value is -0.0800. The van der Waals surface area contributed by atoms with Crippen molar-refractivity contribution in [2.75, 3.05) is 6.61 Å². The van der Waals surface area contributed by atoms with E-state index in [9.17, 15) is 0 Å². The quantitative estimate of drug-likeness (QED) is 0.614. The van der Waals surface area contributed by atoms with Crippen molar-refractivity contribution in [2.45, 2.75) is 64.8 Å². The minimum absolute atomic E-state index is 0.0111. The highest BCUT2D eigenvalue weighted by Gasteiger charge is 2.16. The topological polar surface area (TPSA) is 18.5 Å². The smallest absolute Gasteiger partial charge is 0.155 e. The molecule has 0 aromatic rings. The molecule has 2 heteroatoms. The first-order valence-corrected chi connectivity index (χ1v) is 5.60. The third-order valence-corrected chi connectivity index (χ3v) is 2.49. The van der Waals surface area contributed by atoms with E-state index in [1.54, 1.807) is 0 Å². The maximum absolute atomic E-state index is 5.77. The molecule has 1 unspecified atom stereocenters. The fourth-order valence-electron chi connectivity index (χ4n) is 1.80. The van der Waals surface area contributed by atoms with Crippen molar-refractivity contribution in [1.29, 1.82) is 0 Å². The molecule has 0 saturated heterocycles. The van der Waals surface area contributed by atoms with Crippen LogP contribution in [-0.4, -0.2) is 19.0 Å². The Labute approximate surface area is 81.6 Å². The second kappa shape index (κ2) is 6.39. The monoisotopic (exact) mass is 186 g/mol. The van der Waals surface area contributed by atoms with Crippen LogP contribution in [0.1, 0.15) is 52.4 Å². The lowest BCUT2D eigenvalue weighted by Gasteiger charge is -2.25. The van der Waals surface area contributed by atoms with Crippen LogP contribution >= 0.6 is 0 Å². The molecule has 13 heavy (non-hydrogen) atoms. The molecule has 0 aliphatic heterocycles. The van der Waals surface area contributed by atoms with E-state index in [0.717, 1.165) is 13.0 Å². The summed E-state index contributed by atoms with van der Waals surface area (Å²) in [6, 6.07) is 0. The molecule has 0 bridgehead atoms. The average molecular weight is 186 g/mol. The summed E-state index contributed by atoms with van der Waals surface area (Å²) in [5, 5.41) is 0. The maximum atomic E-state index is 5.77. The van der Waals surface area contributed by atoms with Gasteiger partial charge in [0.2, 0.25) is 0 Å². The molecule has 1 rings (SSSR count). The van der Waals surface area contributed by atoms with Crippen molar-refractivity contribution in [3.05, 3.63) is 0 Å². The predicted octanol–water partition coefficient (Wildman–Crippen LogP) is 3.11. The molecule has 1 saturated carbocycles. The van der Waals surface area contributed by atoms with E-state index in [2.05, 4.69) is 6.92 Å². The van der Waals surface area contributed by atoms with Gasteiger partial charge in [-0.3, -0.25) is 0 Å². The van der Waals surface area contributed by atoms with Crippen LogP contribution < -0.4 is 0 Å². The van der Waals surface area contributed by atoms with Gasteiger partial charge < -0.3 is 9.47 Å². The molecular formula is C11H22O2. The Balaban J connectivity index is 2.07. The normalized spacial score (nSPS) is 21.7. The number of hydrogen-bond acceptors (Lipinski definition) is 2. The van der Waals surface area contributed by atoms with Gasteiger partial charge in [0.15, 0.2) is 6.29 Å². The van der Waals surface area contributed by atoms with Gasteiger partial charge >= 0.3 is 0 Å². The summed E-state index contributed by atoms with van der Waals surface area (Å²) < 4.78 is 11.2. The summed E-state index contributed by atoms with van der Waals surface area (Å²) >= 11 is 0. The summed E-state index contributed by atoms with van der Waals surface area (Å²) in [4.78, 5) is 0. The van der Waals surface area contributed by atoms with Crippen LogP contribution in [0, 0.1) is 0 Å². The molecule has 1 fully saturated rings. The van der Waals surface area contributed by atoms with Crippen molar-refractivity contribution in [3.8, 4) is 0 Å². The standard InChI is InChI=1S/C11H22O2/c1-3-9-12-10(2)13-11-7-5-4-6-8-11/h10-11H,3-9H2,1-2H3. The van der Waals surface area contributed by atoms with Gasteiger partial charge in [0, 0.05) is 6.61 Å². The molecule has 0 radical (unpaired) electrons. The average Bonchev–Trinajstić information content (AvgIpc) is 2.16. The van der Waals surface area contributed by atoms with Crippen LogP contribution in [-0.2, 0) is 9.47 Å². The molecule has 1 aliphatic rings. The van der Waals surface area contributed by atoms with E-state index in [4.69, 9.17) is 9.47 Å². The summed E-state index contributed by atoms with van der Waals surface area (Å²) in [7, 11) is 0. The fraction of sp³-hybridized carbons (Fsp3) is 1.00. The number of rotatable bonds is 5. The van der Waals surface area contributed by atoms with Crippen LogP contribution in [0.25, 0.3) is 0 Å². The highest BCUT2D eigenvalue weighted by molar-refractivity contribution is 4.65. The maximum Gasteiger partial charge on any atom is 0.155 e. The molecule has 0 spiro atoms. The third-order valence-electron chi connectivity index (χ3n) is 2.49. The Morgan fingerprint density at radius 1 is 1.23 bits per heavy atom. The summed E-state index contributed by atoms with van der Waals surface area (Å²) in [5.41, 5.74) is 0. The lowest BCUT2D eigenvalue weighted by Crippen LogP contribution is -2.24. The lowest BCUT2D eigenvalue weighted by atomic mass is 9.98. The summed E-state index contributed by atoms with van der Waals surface area (Å²) in [5.74, 6) is 0. The van der Waals surface area contributed by atoms with E-state index >= 15 is 0 Å². The van der Waals surface area contributed by atoms with Crippen LogP contribution in [0.2, 0.25) is 0 Å². The summed E-state index contributed by atoms with van der Waals surface area (Å²) in [6.45, 7) is 4.94. The first kappa shape index (κ1) is 11.0. The van der Waals surface area contributed by atoms with E-state index < -0.39 is 0 Å².